The zero-order valence-electron chi connectivity index (χ0n) is 12.9. The molecule has 0 saturated carbocycles. The lowest BCUT2D eigenvalue weighted by Crippen LogP contribution is -1.80. The molecule has 0 unspecified atom stereocenters. The Morgan fingerprint density at radius 3 is 1.65 bits per heavy atom. The van der Waals surface area contributed by atoms with Crippen molar-refractivity contribution in [3.8, 4) is 35.5 Å². The normalized spacial score (nSPS) is 8.70. The Hall–Kier alpha value is -1.36. The molecule has 0 radical (unpaired) electrons. The molecule has 0 aliphatic carbocycles. The van der Waals surface area contributed by atoms with Crippen molar-refractivity contribution in [2.45, 2.75) is 77.6 Å². The topological polar surface area (TPSA) is 20.2 Å². The third kappa shape index (κ3) is 16.6. The smallest absolute Gasteiger partial charge is 0.0702 e. The molecule has 0 saturated heterocycles. The zero-order chi connectivity index (χ0) is 14.7. The predicted molar refractivity (Wildman–Crippen MR) is 86.9 cm³/mol. The van der Waals surface area contributed by atoms with E-state index in [9.17, 15) is 0 Å². The number of rotatable bonds is 8. The Kier molecular flexibility index (Phi) is 16.4. The van der Waals surface area contributed by atoms with E-state index < -0.39 is 0 Å². The van der Waals surface area contributed by atoms with Gasteiger partial charge in [0.15, 0.2) is 0 Å². The molecule has 0 aromatic heterocycles. The molecule has 1 nitrogen and oxygen atoms in total. The van der Waals surface area contributed by atoms with Crippen molar-refractivity contribution in [3.63, 3.8) is 0 Å². The SMILES string of the molecule is CCCCCCCC#CCC#CCC#CCCCCO. The summed E-state index contributed by atoms with van der Waals surface area (Å²) >= 11 is 0. The minimum Gasteiger partial charge on any atom is -0.396 e. The molecule has 110 valence electrons. The standard InChI is InChI=1S/C19H28O/c1-2-3-4-5-6-7-8-9-10-11-12-13-14-15-16-17-18-19-20/h20H,2-7,10,13,16-19H2,1H3. The lowest BCUT2D eigenvalue weighted by atomic mass is 10.1. The molecule has 0 heterocycles. The highest BCUT2D eigenvalue weighted by Crippen LogP contribution is 2.03. The van der Waals surface area contributed by atoms with E-state index in [1.165, 1.54) is 32.1 Å². The van der Waals surface area contributed by atoms with Gasteiger partial charge in [-0.25, -0.2) is 0 Å². The minimum atomic E-state index is 0.263. The Morgan fingerprint density at radius 1 is 0.600 bits per heavy atom. The molecule has 0 bridgehead atoms. The monoisotopic (exact) mass is 272 g/mol. The number of aliphatic hydroxyl groups is 1. The van der Waals surface area contributed by atoms with Crippen molar-refractivity contribution in [1.29, 1.82) is 0 Å². The highest BCUT2D eigenvalue weighted by molar-refractivity contribution is 5.16. The second-order valence-electron chi connectivity index (χ2n) is 4.76. The summed E-state index contributed by atoms with van der Waals surface area (Å²) in [6.07, 6.45) is 11.5. The number of unbranched alkanes of at least 4 members (excludes halogenated alkanes) is 7. The van der Waals surface area contributed by atoms with Crippen LogP contribution < -0.4 is 0 Å². The van der Waals surface area contributed by atoms with Crippen LogP contribution in [0.25, 0.3) is 0 Å². The quantitative estimate of drug-likeness (QED) is 0.516. The molecule has 0 aromatic rings. The van der Waals surface area contributed by atoms with E-state index in [-0.39, 0.29) is 6.61 Å². The molecule has 0 rings (SSSR count). The van der Waals surface area contributed by atoms with Gasteiger partial charge in [0.05, 0.1) is 12.8 Å². The first kappa shape index (κ1) is 18.6. The third-order valence-corrected chi connectivity index (χ3v) is 2.84. The van der Waals surface area contributed by atoms with Crippen molar-refractivity contribution >= 4 is 0 Å². The Balaban J connectivity index is 3.40. The van der Waals surface area contributed by atoms with Crippen molar-refractivity contribution in [1.82, 2.24) is 0 Å². The van der Waals surface area contributed by atoms with E-state index in [0.717, 1.165) is 25.7 Å². The van der Waals surface area contributed by atoms with Gasteiger partial charge in [-0.05, 0) is 19.3 Å². The number of hydrogen-bond acceptors (Lipinski definition) is 1. The second kappa shape index (κ2) is 17.6. The highest BCUT2D eigenvalue weighted by Gasteiger charge is 1.85. The van der Waals surface area contributed by atoms with E-state index in [1.807, 2.05) is 0 Å². The molecule has 0 fully saturated rings. The Bertz CT molecular complexity index is 375. The molecular weight excluding hydrogens is 244 g/mol. The van der Waals surface area contributed by atoms with E-state index in [1.54, 1.807) is 0 Å². The number of hydrogen-bond donors (Lipinski definition) is 1. The van der Waals surface area contributed by atoms with E-state index in [0.29, 0.717) is 12.8 Å². The van der Waals surface area contributed by atoms with Crippen LogP contribution in [0, 0.1) is 35.5 Å². The maximum Gasteiger partial charge on any atom is 0.0702 e. The third-order valence-electron chi connectivity index (χ3n) is 2.84. The molecule has 0 atom stereocenters. The fraction of sp³-hybridized carbons (Fsp3) is 0.684. The predicted octanol–water partition coefficient (Wildman–Crippen LogP) is 4.30. The number of aliphatic hydroxyl groups excluding tert-OH is 1. The van der Waals surface area contributed by atoms with Gasteiger partial charge in [-0.2, -0.15) is 0 Å². The van der Waals surface area contributed by atoms with Crippen LogP contribution in [0.15, 0.2) is 0 Å². The molecule has 0 spiro atoms. The first-order valence-corrected chi connectivity index (χ1v) is 7.89. The zero-order valence-corrected chi connectivity index (χ0v) is 12.9. The van der Waals surface area contributed by atoms with Gasteiger partial charge in [0.25, 0.3) is 0 Å². The van der Waals surface area contributed by atoms with Crippen LogP contribution >= 0.6 is 0 Å². The van der Waals surface area contributed by atoms with Gasteiger partial charge in [0.1, 0.15) is 0 Å². The fourth-order valence-electron chi connectivity index (χ4n) is 1.66. The molecule has 0 aromatic carbocycles. The van der Waals surface area contributed by atoms with Crippen LogP contribution in [0.5, 0.6) is 0 Å². The van der Waals surface area contributed by atoms with Gasteiger partial charge in [0.2, 0.25) is 0 Å². The minimum absolute atomic E-state index is 0.263. The average molecular weight is 272 g/mol. The van der Waals surface area contributed by atoms with Crippen molar-refractivity contribution in [2.24, 2.45) is 0 Å². The second-order valence-corrected chi connectivity index (χ2v) is 4.76. The molecular formula is C19H28O. The molecule has 0 aliphatic heterocycles. The summed E-state index contributed by atoms with van der Waals surface area (Å²) in [7, 11) is 0. The average Bonchev–Trinajstić information content (AvgIpc) is 2.47. The molecule has 1 N–H and O–H groups in total. The van der Waals surface area contributed by atoms with Gasteiger partial charge in [-0.3, -0.25) is 0 Å². The van der Waals surface area contributed by atoms with Crippen molar-refractivity contribution < 1.29 is 5.11 Å². The fourth-order valence-corrected chi connectivity index (χ4v) is 1.66. The summed E-state index contributed by atoms with van der Waals surface area (Å²) < 4.78 is 0. The summed E-state index contributed by atoms with van der Waals surface area (Å²) in [5.41, 5.74) is 0. The van der Waals surface area contributed by atoms with Crippen LogP contribution in [-0.2, 0) is 0 Å². The van der Waals surface area contributed by atoms with Crippen LogP contribution in [0.2, 0.25) is 0 Å². The molecule has 0 amide bonds. The summed E-state index contributed by atoms with van der Waals surface area (Å²) in [5.74, 6) is 18.4. The van der Waals surface area contributed by atoms with Crippen LogP contribution in [0.1, 0.15) is 77.6 Å². The van der Waals surface area contributed by atoms with Gasteiger partial charge >= 0.3 is 0 Å². The van der Waals surface area contributed by atoms with Crippen LogP contribution in [0.4, 0.5) is 0 Å². The van der Waals surface area contributed by atoms with E-state index in [4.69, 9.17) is 5.11 Å². The lowest BCUT2D eigenvalue weighted by molar-refractivity contribution is 0.285. The van der Waals surface area contributed by atoms with E-state index in [2.05, 4.69) is 42.4 Å². The van der Waals surface area contributed by atoms with Gasteiger partial charge < -0.3 is 5.11 Å². The van der Waals surface area contributed by atoms with Crippen LogP contribution in [0.3, 0.4) is 0 Å². The first-order chi connectivity index (χ1) is 9.91. The largest absolute Gasteiger partial charge is 0.396 e. The summed E-state index contributed by atoms with van der Waals surface area (Å²) in [5, 5.41) is 8.60. The maximum atomic E-state index is 8.60. The maximum absolute atomic E-state index is 8.60. The Morgan fingerprint density at radius 2 is 1.10 bits per heavy atom. The Labute approximate surface area is 125 Å². The first-order valence-electron chi connectivity index (χ1n) is 7.89. The lowest BCUT2D eigenvalue weighted by Gasteiger charge is -1.94. The summed E-state index contributed by atoms with van der Waals surface area (Å²) in [4.78, 5) is 0. The molecule has 1 heteroatoms. The van der Waals surface area contributed by atoms with Crippen molar-refractivity contribution in [2.75, 3.05) is 6.61 Å². The van der Waals surface area contributed by atoms with Gasteiger partial charge in [0, 0.05) is 19.4 Å². The molecule has 0 aliphatic rings. The van der Waals surface area contributed by atoms with Crippen LogP contribution in [-0.4, -0.2) is 11.7 Å². The van der Waals surface area contributed by atoms with Crippen molar-refractivity contribution in [3.05, 3.63) is 0 Å². The highest BCUT2D eigenvalue weighted by atomic mass is 16.2. The van der Waals surface area contributed by atoms with E-state index >= 15 is 0 Å². The summed E-state index contributed by atoms with van der Waals surface area (Å²) in [6.45, 7) is 2.50. The van der Waals surface area contributed by atoms with Gasteiger partial charge in [-0.1, -0.05) is 56.3 Å². The summed E-state index contributed by atoms with van der Waals surface area (Å²) in [6, 6.07) is 0. The van der Waals surface area contributed by atoms with Gasteiger partial charge in [-0.15, -0.1) is 11.8 Å². The molecule has 20 heavy (non-hydrogen) atoms.